The summed E-state index contributed by atoms with van der Waals surface area (Å²) in [4.78, 5) is 12.6. The minimum Gasteiger partial charge on any atom is -0.353 e. The second-order valence-electron chi connectivity index (χ2n) is 7.15. The summed E-state index contributed by atoms with van der Waals surface area (Å²) in [6.45, 7) is 2.03. The molecule has 2 unspecified atom stereocenters. The molecule has 0 spiro atoms. The molecule has 0 saturated heterocycles. The summed E-state index contributed by atoms with van der Waals surface area (Å²) >= 11 is 18.1. The summed E-state index contributed by atoms with van der Waals surface area (Å²) < 4.78 is 0. The monoisotopic (exact) mass is 445 g/mol. The van der Waals surface area contributed by atoms with Crippen molar-refractivity contribution in [2.75, 3.05) is 0 Å². The van der Waals surface area contributed by atoms with Gasteiger partial charge >= 0.3 is 0 Å². The van der Waals surface area contributed by atoms with E-state index in [-0.39, 0.29) is 17.9 Å². The van der Waals surface area contributed by atoms with Crippen LogP contribution in [-0.4, -0.2) is 11.9 Å². The average Bonchev–Trinajstić information content (AvgIpc) is 2.68. The maximum Gasteiger partial charge on any atom is 0.224 e. The maximum absolute atomic E-state index is 12.6. The molecule has 0 heterocycles. The van der Waals surface area contributed by atoms with E-state index in [0.29, 0.717) is 21.5 Å². The van der Waals surface area contributed by atoms with E-state index >= 15 is 0 Å². The van der Waals surface area contributed by atoms with E-state index in [1.807, 2.05) is 73.7 Å². The molecule has 0 aromatic heterocycles. The molecule has 2 atom stereocenters. The average molecular weight is 447 g/mol. The standard InChI is InChI=1S/C24H22Cl3NO/c1-16(28-24(29)15-18-3-2-4-22(27)13-18)23(19-7-11-21(26)12-8-19)14-17-5-9-20(25)10-6-17/h2-13,16,23H,14-15H2,1H3,(H,28,29). The predicted molar refractivity (Wildman–Crippen MR) is 122 cm³/mol. The Morgan fingerprint density at radius 3 is 2.07 bits per heavy atom. The molecule has 1 amide bonds. The van der Waals surface area contributed by atoms with Crippen LogP contribution in [0.2, 0.25) is 15.1 Å². The fourth-order valence-electron chi connectivity index (χ4n) is 3.41. The van der Waals surface area contributed by atoms with E-state index in [2.05, 4.69) is 5.32 Å². The summed E-state index contributed by atoms with van der Waals surface area (Å²) in [6.07, 6.45) is 1.07. The van der Waals surface area contributed by atoms with Crippen LogP contribution >= 0.6 is 34.8 Å². The van der Waals surface area contributed by atoms with Gasteiger partial charge in [-0.2, -0.15) is 0 Å². The van der Waals surface area contributed by atoms with Crippen LogP contribution in [0.5, 0.6) is 0 Å². The van der Waals surface area contributed by atoms with E-state index in [0.717, 1.165) is 23.1 Å². The Balaban J connectivity index is 1.75. The zero-order chi connectivity index (χ0) is 20.8. The Morgan fingerprint density at radius 2 is 1.45 bits per heavy atom. The van der Waals surface area contributed by atoms with Gasteiger partial charge in [-0.05, 0) is 66.4 Å². The third-order valence-electron chi connectivity index (χ3n) is 4.91. The van der Waals surface area contributed by atoms with Crippen molar-refractivity contribution >= 4 is 40.7 Å². The van der Waals surface area contributed by atoms with E-state index in [1.165, 1.54) is 0 Å². The highest BCUT2D eigenvalue weighted by Crippen LogP contribution is 2.27. The van der Waals surface area contributed by atoms with Gasteiger partial charge in [-0.25, -0.2) is 0 Å². The van der Waals surface area contributed by atoms with Crippen LogP contribution < -0.4 is 5.32 Å². The Hall–Kier alpha value is -2.00. The summed E-state index contributed by atoms with van der Waals surface area (Å²) in [7, 11) is 0. The lowest BCUT2D eigenvalue weighted by Gasteiger charge is -2.26. The molecule has 3 rings (SSSR count). The van der Waals surface area contributed by atoms with Crippen molar-refractivity contribution in [2.45, 2.75) is 31.7 Å². The van der Waals surface area contributed by atoms with Gasteiger partial charge in [-0.1, -0.05) is 71.2 Å². The molecule has 0 radical (unpaired) electrons. The lowest BCUT2D eigenvalue weighted by atomic mass is 9.86. The molecule has 29 heavy (non-hydrogen) atoms. The first-order chi connectivity index (χ1) is 13.9. The topological polar surface area (TPSA) is 29.1 Å². The Morgan fingerprint density at radius 1 is 0.828 bits per heavy atom. The van der Waals surface area contributed by atoms with Gasteiger partial charge in [-0.15, -0.1) is 0 Å². The second-order valence-corrected chi connectivity index (χ2v) is 8.46. The second kappa shape index (κ2) is 10.2. The smallest absolute Gasteiger partial charge is 0.224 e. The quantitative estimate of drug-likeness (QED) is 0.429. The predicted octanol–water partition coefficient (Wildman–Crippen LogP) is 6.72. The van der Waals surface area contributed by atoms with Crippen molar-refractivity contribution in [3.63, 3.8) is 0 Å². The molecule has 0 saturated carbocycles. The molecule has 5 heteroatoms. The normalized spacial score (nSPS) is 13.0. The molecule has 0 aliphatic carbocycles. The van der Waals surface area contributed by atoms with Crippen LogP contribution in [-0.2, 0) is 17.6 Å². The maximum atomic E-state index is 12.6. The number of nitrogens with one attached hydrogen (secondary N) is 1. The summed E-state index contributed by atoms with van der Waals surface area (Å²) in [5, 5.41) is 5.18. The Labute approximate surface area is 186 Å². The molecular weight excluding hydrogens is 425 g/mol. The number of carbonyl (C=O) groups excluding carboxylic acids is 1. The Kier molecular flexibility index (Phi) is 7.60. The van der Waals surface area contributed by atoms with Gasteiger partial charge in [0, 0.05) is 27.0 Å². The largest absolute Gasteiger partial charge is 0.353 e. The molecule has 0 fully saturated rings. The number of hydrogen-bond donors (Lipinski definition) is 1. The van der Waals surface area contributed by atoms with Crippen molar-refractivity contribution in [1.82, 2.24) is 5.32 Å². The van der Waals surface area contributed by atoms with Crippen molar-refractivity contribution in [3.05, 3.63) is 105 Å². The molecule has 2 nitrogen and oxygen atoms in total. The molecule has 150 valence electrons. The summed E-state index contributed by atoms with van der Waals surface area (Å²) in [5.41, 5.74) is 3.17. The van der Waals surface area contributed by atoms with Crippen LogP contribution in [0.25, 0.3) is 0 Å². The molecule has 3 aromatic rings. The first-order valence-electron chi connectivity index (χ1n) is 9.44. The van der Waals surface area contributed by atoms with Gasteiger partial charge < -0.3 is 5.32 Å². The minimum absolute atomic E-state index is 0.0326. The fourth-order valence-corrected chi connectivity index (χ4v) is 3.87. The number of benzene rings is 3. The van der Waals surface area contributed by atoms with Crippen molar-refractivity contribution in [3.8, 4) is 0 Å². The van der Waals surface area contributed by atoms with Crippen LogP contribution in [0.4, 0.5) is 0 Å². The third kappa shape index (κ3) is 6.50. The number of carbonyl (C=O) groups is 1. The lowest BCUT2D eigenvalue weighted by molar-refractivity contribution is -0.121. The first kappa shape index (κ1) is 21.7. The summed E-state index contributed by atoms with van der Waals surface area (Å²) in [6, 6.07) is 22.9. The van der Waals surface area contributed by atoms with Gasteiger partial charge in [0.1, 0.15) is 0 Å². The first-order valence-corrected chi connectivity index (χ1v) is 10.6. The molecule has 0 bridgehead atoms. The molecule has 0 aliphatic rings. The van der Waals surface area contributed by atoms with E-state index < -0.39 is 0 Å². The molecule has 0 aliphatic heterocycles. The number of amides is 1. The van der Waals surface area contributed by atoms with Gasteiger partial charge in [0.2, 0.25) is 5.91 Å². The van der Waals surface area contributed by atoms with E-state index in [1.54, 1.807) is 6.07 Å². The van der Waals surface area contributed by atoms with Gasteiger partial charge in [-0.3, -0.25) is 4.79 Å². The van der Waals surface area contributed by atoms with Crippen molar-refractivity contribution in [2.24, 2.45) is 0 Å². The molecule has 1 N–H and O–H groups in total. The minimum atomic E-state index is -0.0708. The molecule has 3 aromatic carbocycles. The molecular formula is C24H22Cl3NO. The zero-order valence-corrected chi connectivity index (χ0v) is 18.3. The van der Waals surface area contributed by atoms with Gasteiger partial charge in [0.25, 0.3) is 0 Å². The SMILES string of the molecule is CC(NC(=O)Cc1cccc(Cl)c1)C(Cc1ccc(Cl)cc1)c1ccc(Cl)cc1. The van der Waals surface area contributed by atoms with E-state index in [9.17, 15) is 4.79 Å². The lowest BCUT2D eigenvalue weighted by Crippen LogP contribution is -2.38. The van der Waals surface area contributed by atoms with Crippen LogP contribution in [0.15, 0.2) is 72.8 Å². The van der Waals surface area contributed by atoms with Crippen molar-refractivity contribution in [1.29, 1.82) is 0 Å². The van der Waals surface area contributed by atoms with Crippen LogP contribution in [0, 0.1) is 0 Å². The third-order valence-corrected chi connectivity index (χ3v) is 5.65. The number of halogens is 3. The highest BCUT2D eigenvalue weighted by molar-refractivity contribution is 6.31. The highest BCUT2D eigenvalue weighted by atomic mass is 35.5. The number of rotatable bonds is 7. The van der Waals surface area contributed by atoms with Gasteiger partial charge in [0.15, 0.2) is 0 Å². The Bertz CT molecular complexity index is 955. The van der Waals surface area contributed by atoms with Crippen LogP contribution in [0.1, 0.15) is 29.5 Å². The fraction of sp³-hybridized carbons (Fsp3) is 0.208. The zero-order valence-electron chi connectivity index (χ0n) is 16.0. The van der Waals surface area contributed by atoms with E-state index in [4.69, 9.17) is 34.8 Å². The summed E-state index contributed by atoms with van der Waals surface area (Å²) in [5.74, 6) is 0.0617. The van der Waals surface area contributed by atoms with Gasteiger partial charge in [0.05, 0.1) is 6.42 Å². The van der Waals surface area contributed by atoms with Crippen LogP contribution in [0.3, 0.4) is 0 Å². The highest BCUT2D eigenvalue weighted by Gasteiger charge is 2.22. The number of hydrogen-bond acceptors (Lipinski definition) is 1. The van der Waals surface area contributed by atoms with Crippen molar-refractivity contribution < 1.29 is 4.79 Å².